The predicted octanol–water partition coefficient (Wildman–Crippen LogP) is 2.83. The topological polar surface area (TPSA) is 203 Å². The van der Waals surface area contributed by atoms with E-state index in [9.17, 15) is 31.5 Å². The normalized spacial score (nSPS) is 22.6. The number of carboxylic acid groups (broad SMARTS) is 1. The number of carboxylic acids is 1. The third kappa shape index (κ3) is 10.5. The molecule has 0 spiro atoms. The lowest BCUT2D eigenvalue weighted by atomic mass is 9.98. The number of hydrogen-bond donors (Lipinski definition) is 2. The SMILES string of the molecule is CCOc1ccc(N2CCN(S(=O)(=O)C3(C(=O)NOC4CCCCO4)CCOCC3)CC2)cc1.CCOc1ccc(N2CCN(S(=O)(=O)C3(C(=O)O)CCOCC3)CC2)cc1. The molecule has 61 heavy (non-hydrogen) atoms. The second kappa shape index (κ2) is 21.1. The number of aliphatic carboxylic acids is 1. The number of hydrogen-bond acceptors (Lipinski definition) is 14. The molecule has 5 aliphatic heterocycles. The Morgan fingerprint density at radius 2 is 1.08 bits per heavy atom. The number of nitrogens with one attached hydrogen (secondary N) is 1. The highest BCUT2D eigenvalue weighted by molar-refractivity contribution is 7.91. The van der Waals surface area contributed by atoms with E-state index in [0.717, 1.165) is 35.7 Å². The summed E-state index contributed by atoms with van der Waals surface area (Å²) >= 11 is 0. The zero-order valence-corrected chi connectivity index (χ0v) is 36.8. The molecular formula is C41H61N5O13S2. The van der Waals surface area contributed by atoms with Gasteiger partial charge in [-0.15, -0.1) is 0 Å². The molecule has 340 valence electrons. The van der Waals surface area contributed by atoms with Gasteiger partial charge in [-0.2, -0.15) is 8.61 Å². The van der Waals surface area contributed by atoms with Crippen LogP contribution in [0.25, 0.3) is 0 Å². The second-order valence-corrected chi connectivity index (χ2v) is 20.0. The minimum atomic E-state index is -3.96. The van der Waals surface area contributed by atoms with Crippen molar-refractivity contribution in [3.05, 3.63) is 48.5 Å². The van der Waals surface area contributed by atoms with Crippen LogP contribution in [0.4, 0.5) is 11.4 Å². The number of sulfonamides is 2. The highest BCUT2D eigenvalue weighted by Gasteiger charge is 2.56. The first-order valence-corrected chi connectivity index (χ1v) is 24.2. The van der Waals surface area contributed by atoms with Crippen LogP contribution in [-0.2, 0) is 48.7 Å². The van der Waals surface area contributed by atoms with Gasteiger partial charge in [0.1, 0.15) is 11.5 Å². The van der Waals surface area contributed by atoms with E-state index in [2.05, 4.69) is 15.3 Å². The summed E-state index contributed by atoms with van der Waals surface area (Å²) < 4.78 is 80.3. The molecule has 2 N–H and O–H groups in total. The number of hydroxylamine groups is 1. The molecule has 7 rings (SSSR count). The molecule has 5 fully saturated rings. The molecule has 0 saturated carbocycles. The number of rotatable bonds is 14. The van der Waals surface area contributed by atoms with E-state index in [4.69, 9.17) is 28.5 Å². The predicted molar refractivity (Wildman–Crippen MR) is 227 cm³/mol. The molecule has 0 radical (unpaired) electrons. The van der Waals surface area contributed by atoms with E-state index >= 15 is 0 Å². The molecule has 0 bridgehead atoms. The van der Waals surface area contributed by atoms with Crippen molar-refractivity contribution in [1.29, 1.82) is 0 Å². The first-order valence-electron chi connectivity index (χ1n) is 21.3. The lowest BCUT2D eigenvalue weighted by Crippen LogP contribution is -2.62. The van der Waals surface area contributed by atoms with Crippen LogP contribution in [0.1, 0.15) is 58.8 Å². The summed E-state index contributed by atoms with van der Waals surface area (Å²) in [4.78, 5) is 34.8. The first-order chi connectivity index (χ1) is 29.4. The van der Waals surface area contributed by atoms with Gasteiger partial charge in [0.2, 0.25) is 20.0 Å². The highest BCUT2D eigenvalue weighted by Crippen LogP contribution is 2.36. The number of anilines is 2. The molecule has 0 aliphatic carbocycles. The maximum absolute atomic E-state index is 13.8. The molecule has 1 amide bonds. The van der Waals surface area contributed by atoms with Crippen LogP contribution in [0.15, 0.2) is 48.5 Å². The Hall–Kier alpha value is -3.76. The lowest BCUT2D eigenvalue weighted by molar-refractivity contribution is -0.202. The number of ether oxygens (including phenoxy) is 5. The molecule has 5 aliphatic rings. The number of piperazine rings is 2. The van der Waals surface area contributed by atoms with Gasteiger partial charge in [0.15, 0.2) is 15.8 Å². The van der Waals surface area contributed by atoms with Crippen molar-refractivity contribution >= 4 is 43.3 Å². The minimum Gasteiger partial charge on any atom is -0.494 e. The van der Waals surface area contributed by atoms with E-state index in [1.54, 1.807) is 0 Å². The Labute approximate surface area is 359 Å². The zero-order chi connectivity index (χ0) is 43.5. The summed E-state index contributed by atoms with van der Waals surface area (Å²) in [5.74, 6) is -0.315. The van der Waals surface area contributed by atoms with Crippen LogP contribution in [0, 0.1) is 0 Å². The molecule has 5 heterocycles. The molecule has 1 atom stereocenters. The fourth-order valence-corrected chi connectivity index (χ4v) is 12.4. The fourth-order valence-electron chi connectivity index (χ4n) is 8.31. The molecule has 2 aromatic rings. The first kappa shape index (κ1) is 46.7. The van der Waals surface area contributed by atoms with Crippen molar-refractivity contribution in [1.82, 2.24) is 14.1 Å². The largest absolute Gasteiger partial charge is 0.494 e. The second-order valence-electron chi connectivity index (χ2n) is 15.5. The average molecular weight is 896 g/mol. The molecule has 0 aromatic heterocycles. The van der Waals surface area contributed by atoms with E-state index in [1.165, 1.54) is 8.61 Å². The van der Waals surface area contributed by atoms with Gasteiger partial charge in [-0.3, -0.25) is 9.59 Å². The van der Waals surface area contributed by atoms with Gasteiger partial charge in [-0.1, -0.05) is 0 Å². The number of carbonyl (C=O) groups excluding carboxylic acids is 1. The molecule has 5 saturated heterocycles. The van der Waals surface area contributed by atoms with E-state index in [-0.39, 0.29) is 65.2 Å². The summed E-state index contributed by atoms with van der Waals surface area (Å²) in [5, 5.41) is 9.67. The summed E-state index contributed by atoms with van der Waals surface area (Å²) in [6.07, 6.45) is 2.17. The van der Waals surface area contributed by atoms with Crippen molar-refractivity contribution in [3.8, 4) is 11.5 Å². The van der Waals surface area contributed by atoms with Crippen molar-refractivity contribution in [2.75, 3.05) is 108 Å². The van der Waals surface area contributed by atoms with E-state index < -0.39 is 47.7 Å². The van der Waals surface area contributed by atoms with Crippen LogP contribution < -0.4 is 24.8 Å². The third-order valence-electron chi connectivity index (χ3n) is 12.0. The molecule has 1 unspecified atom stereocenters. The Balaban J connectivity index is 0.000000210. The maximum atomic E-state index is 13.8. The zero-order valence-electron chi connectivity index (χ0n) is 35.2. The van der Waals surface area contributed by atoms with Gasteiger partial charge in [0.25, 0.3) is 5.91 Å². The number of amides is 1. The number of benzene rings is 2. The van der Waals surface area contributed by atoms with Gasteiger partial charge in [-0.05, 0) is 75.2 Å². The quantitative estimate of drug-likeness (QED) is 0.262. The van der Waals surface area contributed by atoms with Crippen LogP contribution in [0.5, 0.6) is 11.5 Å². The minimum absolute atomic E-state index is 0.0101. The Morgan fingerprint density at radius 1 is 0.656 bits per heavy atom. The van der Waals surface area contributed by atoms with Crippen LogP contribution >= 0.6 is 0 Å². The third-order valence-corrected chi connectivity index (χ3v) is 17.2. The average Bonchev–Trinajstić information content (AvgIpc) is 3.30. The van der Waals surface area contributed by atoms with Gasteiger partial charge in [-0.25, -0.2) is 27.2 Å². The van der Waals surface area contributed by atoms with Gasteiger partial charge in [0.05, 0.1) is 13.2 Å². The Morgan fingerprint density at radius 3 is 1.48 bits per heavy atom. The van der Waals surface area contributed by atoms with Crippen molar-refractivity contribution < 1.29 is 60.1 Å². The lowest BCUT2D eigenvalue weighted by Gasteiger charge is -2.42. The summed E-state index contributed by atoms with van der Waals surface area (Å²) in [7, 11) is -7.90. The van der Waals surface area contributed by atoms with Crippen LogP contribution in [0.2, 0.25) is 0 Å². The smallest absolute Gasteiger partial charge is 0.326 e. The van der Waals surface area contributed by atoms with Crippen LogP contribution in [0.3, 0.4) is 0 Å². The van der Waals surface area contributed by atoms with Crippen molar-refractivity contribution in [2.45, 2.75) is 74.6 Å². The fraction of sp³-hybridized carbons (Fsp3) is 0.659. The monoisotopic (exact) mass is 895 g/mol. The van der Waals surface area contributed by atoms with Crippen molar-refractivity contribution in [3.63, 3.8) is 0 Å². The Kier molecular flexibility index (Phi) is 16.1. The summed E-state index contributed by atoms with van der Waals surface area (Å²) in [6.45, 7) is 9.60. The molecule has 20 heteroatoms. The highest BCUT2D eigenvalue weighted by atomic mass is 32.2. The van der Waals surface area contributed by atoms with Crippen molar-refractivity contribution in [2.24, 2.45) is 0 Å². The Bertz CT molecular complexity index is 1940. The summed E-state index contributed by atoms with van der Waals surface area (Å²) in [6, 6.07) is 15.5. The molecule has 2 aromatic carbocycles. The van der Waals surface area contributed by atoms with Gasteiger partial charge in [0, 0.05) is 129 Å². The number of carbonyl (C=O) groups is 2. The van der Waals surface area contributed by atoms with Crippen LogP contribution in [-0.4, -0.2) is 157 Å². The van der Waals surface area contributed by atoms with Gasteiger partial charge >= 0.3 is 5.97 Å². The standard InChI is InChI=1S/C23H35N3O7S.C18H26N2O6S/c1-2-31-20-8-6-19(7-9-20)25-12-14-26(15-13-25)34(28,29)23(10-17-30-18-11-23)22(27)24-33-21-5-3-4-16-32-21;1-2-26-16-5-3-15(4-6-16)19-9-11-20(12-10-19)27(23,24)18(17(21)22)7-13-25-14-8-18/h6-9,21H,2-5,10-18H2,1H3,(H,24,27);3-6H,2,7-14H2,1H3,(H,21,22). The van der Waals surface area contributed by atoms with Gasteiger partial charge < -0.3 is 38.6 Å². The summed E-state index contributed by atoms with van der Waals surface area (Å²) in [5.41, 5.74) is 4.42. The number of nitrogens with zero attached hydrogens (tertiary/aromatic N) is 4. The van der Waals surface area contributed by atoms with E-state index in [1.807, 2.05) is 62.4 Å². The molecular weight excluding hydrogens is 835 g/mol. The molecule has 18 nitrogen and oxygen atoms in total. The van der Waals surface area contributed by atoms with E-state index in [0.29, 0.717) is 65.5 Å². The maximum Gasteiger partial charge on any atom is 0.326 e.